The van der Waals surface area contributed by atoms with Gasteiger partial charge in [0.2, 0.25) is 5.91 Å². The van der Waals surface area contributed by atoms with E-state index in [9.17, 15) is 14.4 Å². The van der Waals surface area contributed by atoms with Gasteiger partial charge in [0.15, 0.2) is 5.54 Å². The second-order valence-electron chi connectivity index (χ2n) is 7.46. The molecule has 4 amide bonds. The lowest BCUT2D eigenvalue weighted by Gasteiger charge is -2.28. The van der Waals surface area contributed by atoms with Crippen molar-refractivity contribution in [2.24, 2.45) is 0 Å². The van der Waals surface area contributed by atoms with Crippen molar-refractivity contribution < 1.29 is 19.1 Å². The zero-order valence-corrected chi connectivity index (χ0v) is 18.4. The number of benzene rings is 3. The Balaban J connectivity index is 1.43. The van der Waals surface area contributed by atoms with Crippen molar-refractivity contribution >= 4 is 29.4 Å². The zero-order chi connectivity index (χ0) is 23.3. The summed E-state index contributed by atoms with van der Waals surface area (Å²) in [4.78, 5) is 39.8. The number of imide groups is 1. The highest BCUT2D eigenvalue weighted by atomic mass is 35.5. The summed E-state index contributed by atoms with van der Waals surface area (Å²) in [5.41, 5.74) is -0.153. The molecule has 3 aromatic carbocycles. The van der Waals surface area contributed by atoms with Gasteiger partial charge in [-0.3, -0.25) is 14.5 Å². The molecule has 3 aromatic rings. The Labute approximate surface area is 196 Å². The molecule has 4 rings (SSSR count). The first kappa shape index (κ1) is 22.4. The van der Waals surface area contributed by atoms with Crippen molar-refractivity contribution in [1.82, 2.24) is 15.5 Å². The predicted octanol–water partition coefficient (Wildman–Crippen LogP) is 3.33. The van der Waals surface area contributed by atoms with Gasteiger partial charge >= 0.3 is 6.03 Å². The topological polar surface area (TPSA) is 87.7 Å². The van der Waals surface area contributed by atoms with Crippen LogP contribution in [0.4, 0.5) is 4.79 Å². The smallest absolute Gasteiger partial charge is 0.326 e. The Hall–Kier alpha value is -3.84. The molecule has 0 radical (unpaired) electrons. The standard InChI is InChI=1S/C25H22ClN3O4/c26-20-11-13-21(14-12-20)33-16-15-27-22(30)17-29-23(31)25(28-24(29)32,18-7-3-1-4-8-18)19-9-5-2-6-10-19/h1-14H,15-17H2,(H,27,30)(H,28,32). The summed E-state index contributed by atoms with van der Waals surface area (Å²) in [5, 5.41) is 6.10. The number of carbonyl (C=O) groups excluding carboxylic acids is 3. The fourth-order valence-electron chi connectivity index (χ4n) is 3.74. The van der Waals surface area contributed by atoms with Gasteiger partial charge in [-0.2, -0.15) is 0 Å². The summed E-state index contributed by atoms with van der Waals surface area (Å²) in [6.07, 6.45) is 0. The van der Waals surface area contributed by atoms with Crippen LogP contribution in [0.15, 0.2) is 84.9 Å². The highest BCUT2D eigenvalue weighted by Crippen LogP contribution is 2.35. The van der Waals surface area contributed by atoms with Gasteiger partial charge in [-0.15, -0.1) is 0 Å². The maximum Gasteiger partial charge on any atom is 0.326 e. The van der Waals surface area contributed by atoms with E-state index in [4.69, 9.17) is 16.3 Å². The number of hydrogen-bond acceptors (Lipinski definition) is 4. The van der Waals surface area contributed by atoms with Crippen LogP contribution in [-0.4, -0.2) is 42.4 Å². The molecule has 0 spiro atoms. The number of amides is 4. The summed E-state index contributed by atoms with van der Waals surface area (Å²) in [6, 6.07) is 24.2. The SMILES string of the molecule is O=C(CN1C(=O)NC(c2ccccc2)(c2ccccc2)C1=O)NCCOc1ccc(Cl)cc1. The molecule has 1 aliphatic rings. The zero-order valence-electron chi connectivity index (χ0n) is 17.7. The van der Waals surface area contributed by atoms with Crippen LogP contribution in [0.3, 0.4) is 0 Å². The Bertz CT molecular complexity index is 1100. The van der Waals surface area contributed by atoms with Gasteiger partial charge in [-0.05, 0) is 35.4 Å². The van der Waals surface area contributed by atoms with E-state index in [1.165, 1.54) is 0 Å². The Morgan fingerprint density at radius 2 is 1.48 bits per heavy atom. The molecule has 0 saturated carbocycles. The molecule has 0 atom stereocenters. The summed E-state index contributed by atoms with van der Waals surface area (Å²) >= 11 is 5.84. The third kappa shape index (κ3) is 4.68. The van der Waals surface area contributed by atoms with Crippen molar-refractivity contribution in [3.05, 3.63) is 101 Å². The molecule has 8 heteroatoms. The lowest BCUT2D eigenvalue weighted by Crippen LogP contribution is -2.46. The van der Waals surface area contributed by atoms with E-state index in [2.05, 4.69) is 10.6 Å². The van der Waals surface area contributed by atoms with Crippen molar-refractivity contribution in [2.75, 3.05) is 19.7 Å². The predicted molar refractivity (Wildman–Crippen MR) is 124 cm³/mol. The molecule has 2 N–H and O–H groups in total. The van der Waals surface area contributed by atoms with Crippen LogP contribution < -0.4 is 15.4 Å². The molecule has 1 heterocycles. The van der Waals surface area contributed by atoms with Crippen LogP contribution in [0.2, 0.25) is 5.02 Å². The van der Waals surface area contributed by atoms with Crippen molar-refractivity contribution in [3.63, 3.8) is 0 Å². The van der Waals surface area contributed by atoms with Crippen LogP contribution in [0.1, 0.15) is 11.1 Å². The van der Waals surface area contributed by atoms with E-state index in [0.29, 0.717) is 21.9 Å². The van der Waals surface area contributed by atoms with Crippen molar-refractivity contribution in [1.29, 1.82) is 0 Å². The van der Waals surface area contributed by atoms with Gasteiger partial charge < -0.3 is 15.4 Å². The normalized spacial score (nSPS) is 14.6. The summed E-state index contributed by atoms with van der Waals surface area (Å²) in [6.45, 7) is 0.0478. The lowest BCUT2D eigenvalue weighted by atomic mass is 9.82. The molecule has 0 unspecified atom stereocenters. The van der Waals surface area contributed by atoms with E-state index in [1.807, 2.05) is 12.1 Å². The molecule has 33 heavy (non-hydrogen) atoms. The van der Waals surface area contributed by atoms with Crippen LogP contribution in [0.25, 0.3) is 0 Å². The van der Waals surface area contributed by atoms with Gasteiger partial charge in [0.05, 0.1) is 6.54 Å². The third-order valence-corrected chi connectivity index (χ3v) is 5.58. The number of hydrogen-bond donors (Lipinski definition) is 2. The molecule has 0 bridgehead atoms. The van der Waals surface area contributed by atoms with Gasteiger partial charge in [0.25, 0.3) is 5.91 Å². The van der Waals surface area contributed by atoms with Gasteiger partial charge in [0.1, 0.15) is 18.9 Å². The molecule has 0 aliphatic carbocycles. The minimum Gasteiger partial charge on any atom is -0.492 e. The van der Waals surface area contributed by atoms with Crippen LogP contribution >= 0.6 is 11.6 Å². The average molecular weight is 464 g/mol. The second-order valence-corrected chi connectivity index (χ2v) is 7.89. The number of carbonyl (C=O) groups is 3. The maximum atomic E-state index is 13.5. The molecule has 7 nitrogen and oxygen atoms in total. The summed E-state index contributed by atoms with van der Waals surface area (Å²) in [7, 11) is 0. The van der Waals surface area contributed by atoms with Crippen LogP contribution in [0, 0.1) is 0 Å². The quantitative estimate of drug-likeness (QED) is 0.396. The van der Waals surface area contributed by atoms with Gasteiger partial charge in [0, 0.05) is 5.02 Å². The van der Waals surface area contributed by atoms with E-state index in [1.54, 1.807) is 72.8 Å². The van der Waals surface area contributed by atoms with Gasteiger partial charge in [-0.1, -0.05) is 72.3 Å². The monoisotopic (exact) mass is 463 g/mol. The second kappa shape index (κ2) is 9.75. The summed E-state index contributed by atoms with van der Waals surface area (Å²) in [5.74, 6) is -0.342. The van der Waals surface area contributed by atoms with Crippen LogP contribution in [-0.2, 0) is 15.1 Å². The first-order chi connectivity index (χ1) is 16.0. The molecule has 1 fully saturated rings. The Kier molecular flexibility index (Phi) is 6.60. The van der Waals surface area contributed by atoms with E-state index < -0.39 is 29.9 Å². The minimum atomic E-state index is -1.39. The fraction of sp³-hybridized carbons (Fsp3) is 0.160. The lowest BCUT2D eigenvalue weighted by molar-refractivity contribution is -0.134. The fourth-order valence-corrected chi connectivity index (χ4v) is 3.87. The Morgan fingerprint density at radius 3 is 2.06 bits per heavy atom. The highest BCUT2D eigenvalue weighted by molar-refractivity contribution is 6.30. The molecule has 1 aliphatic heterocycles. The number of ether oxygens (including phenoxy) is 1. The first-order valence-corrected chi connectivity index (χ1v) is 10.8. The van der Waals surface area contributed by atoms with Gasteiger partial charge in [-0.25, -0.2) is 4.79 Å². The van der Waals surface area contributed by atoms with Crippen molar-refractivity contribution in [3.8, 4) is 5.75 Å². The molecule has 1 saturated heterocycles. The minimum absolute atomic E-state index is 0.216. The summed E-state index contributed by atoms with van der Waals surface area (Å²) < 4.78 is 5.54. The number of urea groups is 1. The third-order valence-electron chi connectivity index (χ3n) is 5.33. The number of halogens is 1. The van der Waals surface area contributed by atoms with Crippen molar-refractivity contribution in [2.45, 2.75) is 5.54 Å². The molecular weight excluding hydrogens is 442 g/mol. The molecular formula is C25H22ClN3O4. The van der Waals surface area contributed by atoms with E-state index >= 15 is 0 Å². The number of nitrogens with zero attached hydrogens (tertiary/aromatic N) is 1. The molecule has 168 valence electrons. The average Bonchev–Trinajstić information content (AvgIpc) is 3.10. The van der Waals surface area contributed by atoms with E-state index in [-0.39, 0.29) is 13.2 Å². The molecule has 0 aromatic heterocycles. The largest absolute Gasteiger partial charge is 0.492 e. The van der Waals surface area contributed by atoms with Crippen LogP contribution in [0.5, 0.6) is 5.75 Å². The number of nitrogens with one attached hydrogen (secondary N) is 2. The number of rotatable bonds is 8. The first-order valence-electron chi connectivity index (χ1n) is 10.4. The van der Waals surface area contributed by atoms with E-state index in [0.717, 1.165) is 4.90 Å². The maximum absolute atomic E-state index is 13.5. The Morgan fingerprint density at radius 1 is 0.909 bits per heavy atom. The highest BCUT2D eigenvalue weighted by Gasteiger charge is 2.53.